The number of hydrogen-bond acceptors (Lipinski definition) is 2. The summed E-state index contributed by atoms with van der Waals surface area (Å²) in [4.78, 5) is 0. The molecule has 1 saturated carbocycles. The number of ether oxygens (including phenoxy) is 1. The molecule has 1 aliphatic carbocycles. The molecule has 1 aromatic carbocycles. The van der Waals surface area contributed by atoms with E-state index in [0.717, 1.165) is 24.8 Å². The first-order chi connectivity index (χ1) is 10.2. The highest BCUT2D eigenvalue weighted by Crippen LogP contribution is 2.28. The first-order valence-corrected chi connectivity index (χ1v) is 8.64. The number of aryl methyl sites for hydroxylation is 2. The minimum Gasteiger partial charge on any atom is -0.491 e. The van der Waals surface area contributed by atoms with Crippen LogP contribution in [-0.2, 0) is 0 Å². The van der Waals surface area contributed by atoms with E-state index in [1.807, 2.05) is 0 Å². The quantitative estimate of drug-likeness (QED) is 0.790. The molecule has 0 spiro atoms. The van der Waals surface area contributed by atoms with E-state index < -0.39 is 0 Å². The Labute approximate surface area is 130 Å². The number of rotatable bonds is 7. The first-order valence-electron chi connectivity index (χ1n) is 8.64. The molecule has 1 aliphatic rings. The lowest BCUT2D eigenvalue weighted by Gasteiger charge is -2.31. The molecule has 2 nitrogen and oxygen atoms in total. The third-order valence-corrected chi connectivity index (χ3v) is 4.69. The average molecular weight is 289 g/mol. The number of hydrogen-bond donors (Lipinski definition) is 1. The van der Waals surface area contributed by atoms with Gasteiger partial charge >= 0.3 is 0 Å². The molecule has 0 aliphatic heterocycles. The molecule has 1 fully saturated rings. The van der Waals surface area contributed by atoms with E-state index in [2.05, 4.69) is 44.3 Å². The second kappa shape index (κ2) is 8.43. The van der Waals surface area contributed by atoms with Gasteiger partial charge in [0.2, 0.25) is 0 Å². The molecule has 0 amide bonds. The molecule has 2 rings (SSSR count). The molecule has 0 radical (unpaired) electrons. The fourth-order valence-corrected chi connectivity index (χ4v) is 3.43. The van der Waals surface area contributed by atoms with Crippen molar-refractivity contribution < 1.29 is 4.74 Å². The summed E-state index contributed by atoms with van der Waals surface area (Å²) in [5, 5.41) is 3.72. The Morgan fingerprint density at radius 2 is 1.81 bits per heavy atom. The third kappa shape index (κ3) is 4.74. The van der Waals surface area contributed by atoms with E-state index in [9.17, 15) is 0 Å². The summed E-state index contributed by atoms with van der Waals surface area (Å²) in [6.45, 7) is 8.40. The van der Waals surface area contributed by atoms with Gasteiger partial charge in [-0.25, -0.2) is 0 Å². The van der Waals surface area contributed by atoms with Gasteiger partial charge in [0.15, 0.2) is 0 Å². The van der Waals surface area contributed by atoms with E-state index in [-0.39, 0.29) is 0 Å². The molecule has 21 heavy (non-hydrogen) atoms. The minimum atomic E-state index is 0.504. The lowest BCUT2D eigenvalue weighted by molar-refractivity contribution is 0.184. The largest absolute Gasteiger partial charge is 0.491 e. The third-order valence-electron chi connectivity index (χ3n) is 4.69. The fourth-order valence-electron chi connectivity index (χ4n) is 3.43. The Morgan fingerprint density at radius 3 is 2.43 bits per heavy atom. The van der Waals surface area contributed by atoms with E-state index in [1.165, 1.54) is 49.7 Å². The van der Waals surface area contributed by atoms with Gasteiger partial charge < -0.3 is 10.1 Å². The monoisotopic (exact) mass is 289 g/mol. The van der Waals surface area contributed by atoms with Crippen LogP contribution in [0.2, 0.25) is 0 Å². The predicted molar refractivity (Wildman–Crippen MR) is 90.1 cm³/mol. The van der Waals surface area contributed by atoms with Gasteiger partial charge in [-0.05, 0) is 56.7 Å². The molecule has 1 aromatic rings. The molecule has 0 aromatic heterocycles. The fraction of sp³-hybridized carbons (Fsp3) is 0.684. The van der Waals surface area contributed by atoms with Crippen molar-refractivity contribution in [3.8, 4) is 5.75 Å². The molecular weight excluding hydrogens is 258 g/mol. The highest BCUT2D eigenvalue weighted by molar-refractivity contribution is 5.39. The van der Waals surface area contributed by atoms with Gasteiger partial charge in [0.05, 0.1) is 0 Å². The van der Waals surface area contributed by atoms with Crippen LogP contribution in [0.4, 0.5) is 0 Å². The van der Waals surface area contributed by atoms with Gasteiger partial charge in [0.25, 0.3) is 0 Å². The van der Waals surface area contributed by atoms with Crippen molar-refractivity contribution in [1.82, 2.24) is 5.32 Å². The zero-order valence-electron chi connectivity index (χ0n) is 14.0. The summed E-state index contributed by atoms with van der Waals surface area (Å²) < 4.78 is 6.22. The van der Waals surface area contributed by atoms with E-state index in [0.29, 0.717) is 6.04 Å². The summed E-state index contributed by atoms with van der Waals surface area (Å²) in [7, 11) is 0. The minimum absolute atomic E-state index is 0.504. The van der Waals surface area contributed by atoms with Crippen LogP contribution < -0.4 is 10.1 Å². The molecule has 2 heteroatoms. The highest BCUT2D eigenvalue weighted by atomic mass is 16.5. The molecule has 1 unspecified atom stereocenters. The van der Waals surface area contributed by atoms with E-state index in [1.54, 1.807) is 0 Å². The van der Waals surface area contributed by atoms with Crippen LogP contribution in [0.25, 0.3) is 0 Å². The van der Waals surface area contributed by atoms with Gasteiger partial charge in [0.1, 0.15) is 12.4 Å². The normalized spacial score (nSPS) is 17.7. The van der Waals surface area contributed by atoms with Crippen molar-refractivity contribution in [1.29, 1.82) is 0 Å². The van der Waals surface area contributed by atoms with Crippen molar-refractivity contribution in [3.05, 3.63) is 29.3 Å². The lowest BCUT2D eigenvalue weighted by atomic mass is 9.84. The van der Waals surface area contributed by atoms with Gasteiger partial charge in [-0.1, -0.05) is 44.4 Å². The summed E-state index contributed by atoms with van der Waals surface area (Å²) >= 11 is 0. The summed E-state index contributed by atoms with van der Waals surface area (Å²) in [6, 6.07) is 6.88. The van der Waals surface area contributed by atoms with Crippen LogP contribution >= 0.6 is 0 Å². The van der Waals surface area contributed by atoms with Crippen molar-refractivity contribution in [2.45, 2.75) is 65.3 Å². The topological polar surface area (TPSA) is 21.3 Å². The van der Waals surface area contributed by atoms with E-state index >= 15 is 0 Å². The standard InChI is InChI=1S/C19H31NO/c1-4-13-20-18(17-11-6-5-7-12-17)14-21-19-15(2)9-8-10-16(19)3/h8-10,17-18,20H,4-7,11-14H2,1-3H3. The SMILES string of the molecule is CCCNC(COc1c(C)cccc1C)C1CCCCC1. The smallest absolute Gasteiger partial charge is 0.125 e. The summed E-state index contributed by atoms with van der Waals surface area (Å²) in [5.74, 6) is 1.87. The maximum absolute atomic E-state index is 6.22. The Bertz CT molecular complexity index is 403. The van der Waals surface area contributed by atoms with Gasteiger partial charge in [-0.15, -0.1) is 0 Å². The van der Waals surface area contributed by atoms with Crippen LogP contribution in [0.1, 0.15) is 56.6 Å². The second-order valence-corrected chi connectivity index (χ2v) is 6.49. The zero-order chi connectivity index (χ0) is 15.1. The van der Waals surface area contributed by atoms with Gasteiger partial charge in [-0.3, -0.25) is 0 Å². The Hall–Kier alpha value is -1.02. The van der Waals surface area contributed by atoms with E-state index in [4.69, 9.17) is 4.74 Å². The van der Waals surface area contributed by atoms with Crippen LogP contribution in [0.5, 0.6) is 5.75 Å². The lowest BCUT2D eigenvalue weighted by Crippen LogP contribution is -2.42. The van der Waals surface area contributed by atoms with Crippen LogP contribution in [0.15, 0.2) is 18.2 Å². The summed E-state index contributed by atoms with van der Waals surface area (Å²) in [5.41, 5.74) is 2.49. The van der Waals surface area contributed by atoms with Gasteiger partial charge in [0, 0.05) is 6.04 Å². The Kier molecular flexibility index (Phi) is 6.56. The van der Waals surface area contributed by atoms with Crippen molar-refractivity contribution in [2.75, 3.05) is 13.2 Å². The molecule has 0 heterocycles. The number of nitrogens with one attached hydrogen (secondary N) is 1. The molecule has 1 N–H and O–H groups in total. The molecule has 0 bridgehead atoms. The van der Waals surface area contributed by atoms with Crippen molar-refractivity contribution >= 4 is 0 Å². The maximum Gasteiger partial charge on any atom is 0.125 e. The Morgan fingerprint density at radius 1 is 1.14 bits per heavy atom. The second-order valence-electron chi connectivity index (χ2n) is 6.49. The number of benzene rings is 1. The maximum atomic E-state index is 6.22. The molecular formula is C19H31NO. The zero-order valence-corrected chi connectivity index (χ0v) is 14.0. The molecule has 0 saturated heterocycles. The van der Waals surface area contributed by atoms with Crippen molar-refractivity contribution in [3.63, 3.8) is 0 Å². The first kappa shape index (κ1) is 16.4. The van der Waals surface area contributed by atoms with Crippen LogP contribution in [-0.4, -0.2) is 19.2 Å². The van der Waals surface area contributed by atoms with Crippen LogP contribution in [0.3, 0.4) is 0 Å². The van der Waals surface area contributed by atoms with Gasteiger partial charge in [-0.2, -0.15) is 0 Å². The van der Waals surface area contributed by atoms with Crippen molar-refractivity contribution in [2.24, 2.45) is 5.92 Å². The highest BCUT2D eigenvalue weighted by Gasteiger charge is 2.24. The summed E-state index contributed by atoms with van der Waals surface area (Å²) in [6.07, 6.45) is 8.09. The molecule has 118 valence electrons. The number of para-hydroxylation sites is 1. The molecule has 1 atom stereocenters. The Balaban J connectivity index is 1.97. The predicted octanol–water partition coefficient (Wildman–Crippen LogP) is 4.63. The average Bonchev–Trinajstić information content (AvgIpc) is 2.50. The van der Waals surface area contributed by atoms with Crippen LogP contribution in [0, 0.1) is 19.8 Å².